The number of hydrogen-bond acceptors (Lipinski definition) is 12. The van der Waals surface area contributed by atoms with Crippen molar-refractivity contribution in [1.82, 2.24) is 25.5 Å². The van der Waals surface area contributed by atoms with Crippen LogP contribution in [0, 0.1) is 17.6 Å². The number of nitrogens with zero attached hydrogens (tertiary/aromatic N) is 6. The number of carbonyl (C=O) groups is 5. The van der Waals surface area contributed by atoms with E-state index < -0.39 is 40.8 Å². The molecule has 5 heterocycles. The summed E-state index contributed by atoms with van der Waals surface area (Å²) in [4.78, 5) is 81.6. The van der Waals surface area contributed by atoms with Crippen molar-refractivity contribution in [3.05, 3.63) is 59.3 Å². The van der Waals surface area contributed by atoms with E-state index in [1.165, 1.54) is 19.2 Å². The van der Waals surface area contributed by atoms with E-state index in [2.05, 4.69) is 25.8 Å². The number of aliphatic hydroxyl groups excluding tert-OH is 1. The van der Waals surface area contributed by atoms with E-state index in [9.17, 15) is 29.1 Å². The Kier molecular flexibility index (Phi) is 12.5. The van der Waals surface area contributed by atoms with Crippen LogP contribution in [0.2, 0.25) is 0 Å². The number of likely N-dealkylation sites (N-methyl/N-ethyl adjacent to an activating group) is 1. The normalized spacial score (nSPS) is 22.6. The smallest absolute Gasteiger partial charge is 0.251 e. The van der Waals surface area contributed by atoms with Crippen molar-refractivity contribution >= 4 is 58.4 Å². The number of aromatic nitrogens is 2. The first kappa shape index (κ1) is 43.7. The number of carbonyl (C=O) groups excluding carboxylic acids is 5. The molecule has 0 spiro atoms. The lowest BCUT2D eigenvalue weighted by Gasteiger charge is -2.43. The van der Waals surface area contributed by atoms with Crippen LogP contribution in [0.25, 0.3) is 0 Å². The van der Waals surface area contributed by atoms with Crippen molar-refractivity contribution in [2.45, 2.75) is 101 Å². The molecule has 4 N–H and O–H groups in total. The van der Waals surface area contributed by atoms with Gasteiger partial charge in [-0.05, 0) is 81.7 Å². The van der Waals surface area contributed by atoms with Crippen LogP contribution >= 0.6 is 0 Å². The summed E-state index contributed by atoms with van der Waals surface area (Å²) >= 11 is 0. The number of ether oxygens (including phenoxy) is 1. The van der Waals surface area contributed by atoms with Crippen molar-refractivity contribution in [2.75, 3.05) is 67.0 Å². The molecular formula is C45H55F2N9O7. The zero-order valence-corrected chi connectivity index (χ0v) is 35.9. The van der Waals surface area contributed by atoms with E-state index in [4.69, 9.17) is 9.72 Å². The number of hydrogen-bond donors (Lipinski definition) is 4. The summed E-state index contributed by atoms with van der Waals surface area (Å²) in [6, 6.07) is 7.28. The maximum Gasteiger partial charge on any atom is 0.251 e. The van der Waals surface area contributed by atoms with Gasteiger partial charge in [-0.15, -0.1) is 0 Å². The molecule has 1 aliphatic carbocycles. The summed E-state index contributed by atoms with van der Waals surface area (Å²) < 4.78 is 36.3. The molecule has 0 radical (unpaired) electrons. The number of nitrogens with one attached hydrogen (secondary N) is 3. The van der Waals surface area contributed by atoms with Crippen molar-refractivity contribution in [3.8, 4) is 5.75 Å². The second-order valence-corrected chi connectivity index (χ2v) is 17.4. The number of fused-ring (bicyclic) bond motifs is 1. The maximum atomic E-state index is 15.3. The van der Waals surface area contributed by atoms with Gasteiger partial charge in [0.1, 0.15) is 29.1 Å². The quantitative estimate of drug-likeness (QED) is 0.187. The zero-order valence-electron chi connectivity index (χ0n) is 35.9. The van der Waals surface area contributed by atoms with E-state index in [1.54, 1.807) is 46.1 Å². The molecule has 1 unspecified atom stereocenters. The third-order valence-electron chi connectivity index (χ3n) is 13.7. The highest BCUT2D eigenvalue weighted by molar-refractivity contribution is 6.04. The van der Waals surface area contributed by atoms with Gasteiger partial charge in [0, 0.05) is 74.6 Å². The SMILES string of the molecule is CC[C@@H]1C(=O)N(C)c2cnc(Nc3ccc(C(=O)NC4(CCO)CCN(C(=O)[C@H]5CCN(c6cc(F)c(C7CCC(=O)NC7=O)c(F)c6)C5)CC4)cc3OC)nc2N1C1CCCC1. The molecule has 3 saturated heterocycles. The lowest BCUT2D eigenvalue weighted by molar-refractivity contribution is -0.137. The highest BCUT2D eigenvalue weighted by Crippen LogP contribution is 2.41. The van der Waals surface area contributed by atoms with Crippen molar-refractivity contribution in [3.63, 3.8) is 0 Å². The Morgan fingerprint density at radius 3 is 2.41 bits per heavy atom. The summed E-state index contributed by atoms with van der Waals surface area (Å²) in [7, 11) is 3.26. The third-order valence-corrected chi connectivity index (χ3v) is 13.7. The molecule has 1 saturated carbocycles. The summed E-state index contributed by atoms with van der Waals surface area (Å²) in [5.74, 6) is -3.46. The molecule has 2 aromatic carbocycles. The lowest BCUT2D eigenvalue weighted by atomic mass is 9.83. The molecule has 0 bridgehead atoms. The number of likely N-dealkylation sites (tertiary alicyclic amines) is 1. The highest BCUT2D eigenvalue weighted by Gasteiger charge is 2.43. The van der Waals surface area contributed by atoms with Gasteiger partial charge in [-0.2, -0.15) is 4.98 Å². The fourth-order valence-corrected chi connectivity index (χ4v) is 10.1. The minimum atomic E-state index is -1.10. The Balaban J connectivity index is 0.898. The van der Waals surface area contributed by atoms with Gasteiger partial charge in [0.2, 0.25) is 29.6 Å². The minimum Gasteiger partial charge on any atom is -0.495 e. The number of rotatable bonds is 12. The molecule has 3 aromatic rings. The molecule has 5 amide bonds. The number of anilines is 5. The van der Waals surface area contributed by atoms with E-state index >= 15 is 8.78 Å². The Bertz CT molecular complexity index is 2260. The van der Waals surface area contributed by atoms with Gasteiger partial charge in [0.25, 0.3) is 5.91 Å². The second-order valence-electron chi connectivity index (χ2n) is 17.4. The van der Waals surface area contributed by atoms with Crippen molar-refractivity contribution in [2.24, 2.45) is 5.92 Å². The Labute approximate surface area is 364 Å². The number of methoxy groups -OCH3 is 1. The van der Waals surface area contributed by atoms with Gasteiger partial charge < -0.3 is 40.1 Å². The Hall–Kier alpha value is -5.91. The minimum absolute atomic E-state index is 0.00401. The number of aliphatic hydroxyl groups is 1. The Morgan fingerprint density at radius 2 is 1.75 bits per heavy atom. The van der Waals surface area contributed by atoms with Crippen LogP contribution in [0.4, 0.5) is 37.6 Å². The molecule has 1 aromatic heterocycles. The van der Waals surface area contributed by atoms with Crippen molar-refractivity contribution in [1.29, 1.82) is 0 Å². The molecule has 63 heavy (non-hydrogen) atoms. The zero-order chi connectivity index (χ0) is 44.6. The van der Waals surface area contributed by atoms with Gasteiger partial charge in [-0.25, -0.2) is 13.8 Å². The fraction of sp³-hybridized carbons (Fsp3) is 0.533. The van der Waals surface area contributed by atoms with Crippen LogP contribution in [0.5, 0.6) is 5.75 Å². The third kappa shape index (κ3) is 8.61. The van der Waals surface area contributed by atoms with Crippen LogP contribution in [-0.2, 0) is 19.2 Å². The monoisotopic (exact) mass is 871 g/mol. The average molecular weight is 872 g/mol. The van der Waals surface area contributed by atoms with Crippen LogP contribution < -0.4 is 35.4 Å². The fourth-order valence-electron chi connectivity index (χ4n) is 10.1. The second kappa shape index (κ2) is 18.1. The number of benzene rings is 2. The van der Waals surface area contributed by atoms with Gasteiger partial charge in [0.05, 0.1) is 30.8 Å². The maximum absolute atomic E-state index is 15.3. The number of imide groups is 1. The lowest BCUT2D eigenvalue weighted by Crippen LogP contribution is -2.57. The number of amides is 5. The average Bonchev–Trinajstić information content (AvgIpc) is 4.00. The van der Waals surface area contributed by atoms with Gasteiger partial charge in [0.15, 0.2) is 5.82 Å². The predicted molar refractivity (Wildman–Crippen MR) is 230 cm³/mol. The first-order valence-electron chi connectivity index (χ1n) is 22.0. The van der Waals surface area contributed by atoms with Gasteiger partial charge in [-0.1, -0.05) is 19.8 Å². The largest absolute Gasteiger partial charge is 0.495 e. The molecule has 4 fully saturated rings. The molecule has 4 aliphatic heterocycles. The topological polar surface area (TPSA) is 190 Å². The van der Waals surface area contributed by atoms with E-state index in [1.807, 2.05) is 6.92 Å². The van der Waals surface area contributed by atoms with Crippen molar-refractivity contribution < 1.29 is 42.6 Å². The van der Waals surface area contributed by atoms with Crippen LogP contribution in [0.1, 0.15) is 99.4 Å². The molecule has 8 rings (SSSR count). The molecule has 18 heteroatoms. The van der Waals surface area contributed by atoms with E-state index in [0.29, 0.717) is 79.8 Å². The summed E-state index contributed by atoms with van der Waals surface area (Å²) in [6.07, 6.45) is 8.11. The highest BCUT2D eigenvalue weighted by atomic mass is 19.1. The van der Waals surface area contributed by atoms with Crippen LogP contribution in [0.3, 0.4) is 0 Å². The Morgan fingerprint density at radius 1 is 1.02 bits per heavy atom. The number of halogens is 2. The van der Waals surface area contributed by atoms with Gasteiger partial charge in [-0.3, -0.25) is 29.3 Å². The molecule has 336 valence electrons. The van der Waals surface area contributed by atoms with E-state index in [-0.39, 0.29) is 73.5 Å². The molecule has 5 aliphatic rings. The van der Waals surface area contributed by atoms with Crippen LogP contribution in [0.15, 0.2) is 36.5 Å². The molecule has 3 atom stereocenters. The van der Waals surface area contributed by atoms with Gasteiger partial charge >= 0.3 is 0 Å². The summed E-state index contributed by atoms with van der Waals surface area (Å²) in [5, 5.41) is 18.6. The first-order valence-corrected chi connectivity index (χ1v) is 22.0. The predicted octanol–water partition coefficient (Wildman–Crippen LogP) is 4.53. The summed E-state index contributed by atoms with van der Waals surface area (Å²) in [6.45, 7) is 3.19. The summed E-state index contributed by atoms with van der Waals surface area (Å²) in [5.41, 5.74) is 0.659. The standard InChI is InChI=1S/C45H55F2N9O7/c1-4-34-43(62)53(2)35-24-48-44(51-39(35)56(34)28-7-5-6-8-28)49-33-11-9-26(21-36(33)63-3)40(59)52-45(16-20-57)14-18-54(19-15-45)42(61)27-13-17-55(25-27)29-22-31(46)38(32(47)23-29)30-10-12-37(58)50-41(30)60/h9,11,21-24,27-28,30,34,57H,4-8,10,12-20,25H2,1-3H3,(H,52,59)(H,48,49,51)(H,50,58,60)/t27-,30?,34+/m0/s1. The first-order chi connectivity index (χ1) is 30.3. The number of piperidine rings is 2. The van der Waals surface area contributed by atoms with Crippen LogP contribution in [-0.4, -0.2) is 114 Å². The van der Waals surface area contributed by atoms with E-state index in [0.717, 1.165) is 25.7 Å². The molecular weight excluding hydrogens is 817 g/mol. The molecule has 16 nitrogen and oxygen atoms in total.